The zero-order valence-corrected chi connectivity index (χ0v) is 40.0. The van der Waals surface area contributed by atoms with Gasteiger partial charge in [-0.25, -0.2) is 4.98 Å². The number of imidazole rings is 1. The van der Waals surface area contributed by atoms with Crippen molar-refractivity contribution < 1.29 is 25.8 Å². The van der Waals surface area contributed by atoms with Crippen LogP contribution in [-0.4, -0.2) is 14.5 Å². The first-order valence-corrected chi connectivity index (χ1v) is 22.1. The van der Waals surface area contributed by atoms with Gasteiger partial charge in [0.05, 0.1) is 22.3 Å². The van der Waals surface area contributed by atoms with E-state index >= 15 is 0 Å². The topological polar surface area (TPSA) is 39.9 Å². The Bertz CT molecular complexity index is 3330. The van der Waals surface area contributed by atoms with Gasteiger partial charge in [-0.15, -0.1) is 23.8 Å². The molecule has 10 rings (SSSR count). The predicted molar refractivity (Wildman–Crippen MR) is 270 cm³/mol. The SMILES string of the molecule is [CH2-]Oc1c(C)cc(C)cc1-c1nc2c(-c3[c-]c(-c4cc(-c5ccc(-c6ccccc6)cc5)ccn4)cc(-c4ccccc4)c3)cccc2n1-c1cc(-c2ccccc2)cc(C(C)(C)C)c1.[Pt+2]. The molecule has 0 atom stereocenters. The van der Waals surface area contributed by atoms with Gasteiger partial charge in [0.1, 0.15) is 5.82 Å². The molecule has 2 heterocycles. The van der Waals surface area contributed by atoms with Crippen molar-refractivity contribution in [1.82, 2.24) is 14.5 Å². The Balaban J connectivity index is 0.00000548. The van der Waals surface area contributed by atoms with Crippen LogP contribution in [0, 0.1) is 27.0 Å². The molecule has 4 nitrogen and oxygen atoms in total. The maximum Gasteiger partial charge on any atom is 2.00 e. The van der Waals surface area contributed by atoms with E-state index in [-0.39, 0.29) is 26.5 Å². The first kappa shape index (κ1) is 44.1. The Morgan fingerprint density at radius 2 is 1.11 bits per heavy atom. The van der Waals surface area contributed by atoms with E-state index in [0.29, 0.717) is 5.75 Å². The third kappa shape index (κ3) is 8.70. The average molecular weight is 1040 g/mol. The van der Waals surface area contributed by atoms with Crippen molar-refractivity contribution in [1.29, 1.82) is 0 Å². The summed E-state index contributed by atoms with van der Waals surface area (Å²) >= 11 is 0. The van der Waals surface area contributed by atoms with Gasteiger partial charge in [-0.1, -0.05) is 183 Å². The summed E-state index contributed by atoms with van der Waals surface area (Å²) in [6.45, 7) is 11.0. The van der Waals surface area contributed by atoms with E-state index in [1.807, 2.05) is 12.3 Å². The second-order valence-corrected chi connectivity index (χ2v) is 17.9. The second-order valence-electron chi connectivity index (χ2n) is 17.9. The molecule has 0 saturated carbocycles. The number of aromatic nitrogens is 3. The Morgan fingerprint density at radius 3 is 1.73 bits per heavy atom. The van der Waals surface area contributed by atoms with Gasteiger partial charge < -0.3 is 4.74 Å². The maximum atomic E-state index is 5.94. The van der Waals surface area contributed by atoms with Crippen LogP contribution >= 0.6 is 0 Å². The Morgan fingerprint density at radius 1 is 0.530 bits per heavy atom. The van der Waals surface area contributed by atoms with Gasteiger partial charge in [-0.05, 0) is 105 Å². The number of para-hydroxylation sites is 1. The standard InChI is InChI=1S/C61H49N3O.Pt/c1-40-31-41(2)59(65-6)55(32-40)60-63-58-54(23-16-24-57(58)64(60)53-37-49(44-21-14-9-15-22-44)36-52(39-53)61(3,4)5)50-33-48(43-19-12-8-13-20-43)34-51(35-50)56-38-47(29-30-62-56)46-27-25-45(26-28-46)42-17-10-7-11-18-42;/h7-34,36-39H,6H2,1-5H3;/q-2;+2. The molecule has 0 aliphatic heterocycles. The van der Waals surface area contributed by atoms with E-state index in [4.69, 9.17) is 14.7 Å². The van der Waals surface area contributed by atoms with Crippen molar-refractivity contribution >= 4 is 11.0 Å². The zero-order valence-electron chi connectivity index (χ0n) is 37.7. The van der Waals surface area contributed by atoms with Crippen molar-refractivity contribution in [2.75, 3.05) is 0 Å². The number of ether oxygens (including phenoxy) is 1. The van der Waals surface area contributed by atoms with Crippen LogP contribution in [0.5, 0.6) is 5.75 Å². The summed E-state index contributed by atoms with van der Waals surface area (Å²) in [6.07, 6.45) is 1.90. The molecule has 0 fully saturated rings. The summed E-state index contributed by atoms with van der Waals surface area (Å²) in [4.78, 5) is 10.6. The quantitative estimate of drug-likeness (QED) is 0.135. The molecule has 66 heavy (non-hydrogen) atoms. The van der Waals surface area contributed by atoms with Gasteiger partial charge in [-0.3, -0.25) is 9.55 Å². The molecule has 324 valence electrons. The molecule has 8 aromatic carbocycles. The number of aryl methyl sites for hydroxylation is 2. The van der Waals surface area contributed by atoms with Crippen molar-refractivity contribution in [2.45, 2.75) is 40.0 Å². The van der Waals surface area contributed by atoms with E-state index in [2.05, 4.69) is 234 Å². The minimum atomic E-state index is -0.122. The van der Waals surface area contributed by atoms with E-state index in [0.717, 1.165) is 95.0 Å². The Hall–Kier alpha value is -7.13. The van der Waals surface area contributed by atoms with Crippen LogP contribution in [0.4, 0.5) is 0 Å². The van der Waals surface area contributed by atoms with E-state index in [9.17, 15) is 0 Å². The molecule has 0 saturated heterocycles. The number of hydrogen-bond donors (Lipinski definition) is 0. The minimum Gasteiger partial charge on any atom is -0.665 e. The normalized spacial score (nSPS) is 11.4. The molecular weight excluding hydrogens is 986 g/mol. The summed E-state index contributed by atoms with van der Waals surface area (Å²) in [6, 6.07) is 70.5. The fraction of sp³-hybridized carbons (Fsp3) is 0.0984. The van der Waals surface area contributed by atoms with Gasteiger partial charge in [0, 0.05) is 17.6 Å². The maximum absolute atomic E-state index is 5.94. The molecular formula is C61H49N3OPt. The van der Waals surface area contributed by atoms with Crippen LogP contribution in [0.3, 0.4) is 0 Å². The first-order valence-electron chi connectivity index (χ1n) is 22.1. The van der Waals surface area contributed by atoms with Gasteiger partial charge in [-0.2, -0.15) is 7.11 Å². The summed E-state index contributed by atoms with van der Waals surface area (Å²) in [5, 5.41) is 0. The largest absolute Gasteiger partial charge is 2.00 e. The van der Waals surface area contributed by atoms with Crippen LogP contribution < -0.4 is 4.74 Å². The molecule has 5 heteroatoms. The summed E-state index contributed by atoms with van der Waals surface area (Å²) < 4.78 is 8.24. The summed E-state index contributed by atoms with van der Waals surface area (Å²) in [5.41, 5.74) is 19.6. The van der Waals surface area contributed by atoms with Gasteiger partial charge in [0.15, 0.2) is 0 Å². The number of hydrogen-bond acceptors (Lipinski definition) is 3. The molecule has 0 amide bonds. The van der Waals surface area contributed by atoms with E-state index < -0.39 is 0 Å². The smallest absolute Gasteiger partial charge is 0.665 e. The number of rotatable bonds is 9. The number of fused-ring (bicyclic) bond motifs is 1. The predicted octanol–water partition coefficient (Wildman–Crippen LogP) is 16.0. The van der Waals surface area contributed by atoms with Gasteiger partial charge in [0.2, 0.25) is 0 Å². The Kier molecular flexibility index (Phi) is 12.3. The first-order chi connectivity index (χ1) is 31.6. The molecule has 0 unspecified atom stereocenters. The van der Waals surface area contributed by atoms with Crippen molar-refractivity contribution in [3.8, 4) is 89.7 Å². The summed E-state index contributed by atoms with van der Waals surface area (Å²) in [7, 11) is 3.93. The monoisotopic (exact) mass is 1030 g/mol. The molecule has 0 aliphatic rings. The molecule has 0 bridgehead atoms. The van der Waals surface area contributed by atoms with Crippen LogP contribution in [0.2, 0.25) is 0 Å². The molecule has 0 spiro atoms. The number of nitrogens with zero attached hydrogens (tertiary/aromatic N) is 3. The van der Waals surface area contributed by atoms with Gasteiger partial charge >= 0.3 is 21.1 Å². The van der Waals surface area contributed by atoms with E-state index in [1.54, 1.807) is 0 Å². The molecule has 0 aliphatic carbocycles. The van der Waals surface area contributed by atoms with Crippen LogP contribution in [0.1, 0.15) is 37.5 Å². The van der Waals surface area contributed by atoms with E-state index in [1.165, 1.54) is 16.7 Å². The van der Waals surface area contributed by atoms with Crippen LogP contribution in [0.15, 0.2) is 194 Å². The third-order valence-corrected chi connectivity index (χ3v) is 12.3. The zero-order chi connectivity index (χ0) is 44.7. The van der Waals surface area contributed by atoms with Crippen LogP contribution in [-0.2, 0) is 26.5 Å². The number of pyridine rings is 1. The fourth-order valence-corrected chi connectivity index (χ4v) is 8.93. The van der Waals surface area contributed by atoms with Crippen molar-refractivity contribution in [3.63, 3.8) is 0 Å². The fourth-order valence-electron chi connectivity index (χ4n) is 8.93. The van der Waals surface area contributed by atoms with Gasteiger partial charge in [0.25, 0.3) is 0 Å². The van der Waals surface area contributed by atoms with Crippen molar-refractivity contribution in [2.24, 2.45) is 0 Å². The van der Waals surface area contributed by atoms with Crippen LogP contribution in [0.25, 0.3) is 95.0 Å². The van der Waals surface area contributed by atoms with Crippen molar-refractivity contribution in [3.05, 3.63) is 224 Å². The molecule has 10 aromatic rings. The summed E-state index contributed by atoms with van der Waals surface area (Å²) in [5.74, 6) is 1.47. The molecule has 0 radical (unpaired) electrons. The molecule has 2 aromatic heterocycles. The second kappa shape index (κ2) is 18.4. The number of benzene rings is 8. The molecule has 0 N–H and O–H groups in total. The average Bonchev–Trinajstić information content (AvgIpc) is 3.74. The third-order valence-electron chi connectivity index (χ3n) is 12.3. The Labute approximate surface area is 402 Å². The minimum absolute atomic E-state index is 0.